The van der Waals surface area contributed by atoms with Crippen LogP contribution in [0.25, 0.3) is 10.9 Å². The number of benzene rings is 2. The summed E-state index contributed by atoms with van der Waals surface area (Å²) < 4.78 is 12.7. The lowest BCUT2D eigenvalue weighted by Gasteiger charge is -2.33. The van der Waals surface area contributed by atoms with Gasteiger partial charge in [0.2, 0.25) is 5.91 Å². The summed E-state index contributed by atoms with van der Waals surface area (Å²) >= 11 is 1.27. The number of fused-ring (bicyclic) bond motifs is 1. The summed E-state index contributed by atoms with van der Waals surface area (Å²) in [4.78, 5) is 22.4. The van der Waals surface area contributed by atoms with Crippen LogP contribution in [0.15, 0.2) is 59.5 Å². The van der Waals surface area contributed by atoms with Crippen LogP contribution < -0.4 is 15.4 Å². The molecule has 5 rings (SSSR count). The number of amides is 1. The van der Waals surface area contributed by atoms with Crippen LogP contribution in [0.3, 0.4) is 0 Å². The molecule has 1 amide bonds. The van der Waals surface area contributed by atoms with Crippen molar-refractivity contribution in [2.45, 2.75) is 43.5 Å². The first-order valence-corrected chi connectivity index (χ1v) is 13.6. The smallest absolute Gasteiger partial charge is 0.223 e. The van der Waals surface area contributed by atoms with E-state index in [4.69, 9.17) is 10.1 Å². The van der Waals surface area contributed by atoms with E-state index in [1.807, 2.05) is 12.1 Å². The van der Waals surface area contributed by atoms with E-state index in [-0.39, 0.29) is 17.6 Å². The molecule has 0 radical (unpaired) electrons. The van der Waals surface area contributed by atoms with Crippen LogP contribution in [0.4, 0.5) is 10.2 Å². The average Bonchev–Trinajstić information content (AvgIpc) is 2.93. The summed E-state index contributed by atoms with van der Waals surface area (Å²) in [5.74, 6) is 1.17. The molecule has 2 heterocycles. The maximum atomic E-state index is 12.7. The largest absolute Gasteiger partial charge is 0.354 e. The molecule has 0 spiro atoms. The summed E-state index contributed by atoms with van der Waals surface area (Å²) in [5, 5.41) is 9.66. The summed E-state index contributed by atoms with van der Waals surface area (Å²) in [7, 11) is 2.16. The van der Waals surface area contributed by atoms with Gasteiger partial charge in [-0.05, 0) is 79.9 Å². The third kappa shape index (κ3) is 7.41. The molecule has 1 saturated heterocycles. The molecule has 8 heteroatoms. The number of hydrogen-bond acceptors (Lipinski definition) is 6. The van der Waals surface area contributed by atoms with Gasteiger partial charge in [0.15, 0.2) is 0 Å². The Morgan fingerprint density at radius 1 is 1.03 bits per heavy atom. The Kier molecular flexibility index (Phi) is 9.55. The number of hydrogen-bond donors (Lipinski definition) is 2. The summed E-state index contributed by atoms with van der Waals surface area (Å²) in [6.45, 7) is 4.79. The molecule has 2 fully saturated rings. The van der Waals surface area contributed by atoms with E-state index in [0.717, 1.165) is 79.0 Å². The fraction of sp³-hybridized carbons (Fsp3) is 0.429. The molecule has 36 heavy (non-hydrogen) atoms. The first kappa shape index (κ1) is 26.4. The van der Waals surface area contributed by atoms with E-state index in [1.165, 1.54) is 30.5 Å². The van der Waals surface area contributed by atoms with Gasteiger partial charge >= 0.3 is 0 Å². The lowest BCUT2D eigenvalue weighted by Crippen LogP contribution is -2.44. The lowest BCUT2D eigenvalue weighted by molar-refractivity contribution is -0.126. The third-order valence-electron chi connectivity index (χ3n) is 6.97. The highest BCUT2D eigenvalue weighted by molar-refractivity contribution is 7.97. The third-order valence-corrected chi connectivity index (χ3v) is 7.49. The number of anilines is 1. The van der Waals surface area contributed by atoms with E-state index in [1.54, 1.807) is 12.1 Å². The number of nitrogens with zero attached hydrogens (tertiary/aromatic N) is 3. The van der Waals surface area contributed by atoms with Crippen molar-refractivity contribution in [1.29, 1.82) is 0 Å². The lowest BCUT2D eigenvalue weighted by atomic mass is 9.88. The quantitative estimate of drug-likeness (QED) is 0.473. The van der Waals surface area contributed by atoms with Crippen molar-refractivity contribution in [3.05, 3.63) is 66.0 Å². The second kappa shape index (κ2) is 13.0. The number of piperazine rings is 1. The van der Waals surface area contributed by atoms with Crippen LogP contribution in [0.2, 0.25) is 0 Å². The van der Waals surface area contributed by atoms with Crippen molar-refractivity contribution in [3.8, 4) is 0 Å². The van der Waals surface area contributed by atoms with Crippen molar-refractivity contribution in [3.63, 3.8) is 0 Å². The van der Waals surface area contributed by atoms with E-state index in [2.05, 4.69) is 40.4 Å². The van der Waals surface area contributed by atoms with Gasteiger partial charge in [-0.3, -0.25) is 9.93 Å². The second-order valence-electron chi connectivity index (χ2n) is 9.61. The van der Waals surface area contributed by atoms with Crippen molar-refractivity contribution >= 4 is 34.6 Å². The SMILES string of the molecule is CN1CCN(c2ccc3cc(SN)ccc3n2)CC1.O=C(NCc1ccc(F)cc1)C1CCCCC1. The van der Waals surface area contributed by atoms with Crippen molar-refractivity contribution < 1.29 is 9.18 Å². The molecule has 3 aromatic rings. The van der Waals surface area contributed by atoms with Gasteiger partial charge in [0.1, 0.15) is 11.6 Å². The van der Waals surface area contributed by atoms with Gasteiger partial charge in [-0.2, -0.15) is 0 Å². The van der Waals surface area contributed by atoms with Gasteiger partial charge in [-0.25, -0.2) is 9.37 Å². The van der Waals surface area contributed by atoms with E-state index < -0.39 is 0 Å². The minimum Gasteiger partial charge on any atom is -0.354 e. The predicted octanol–water partition coefficient (Wildman–Crippen LogP) is 4.97. The van der Waals surface area contributed by atoms with Gasteiger partial charge in [0.25, 0.3) is 0 Å². The topological polar surface area (TPSA) is 74.5 Å². The number of aromatic nitrogens is 1. The Morgan fingerprint density at radius 2 is 1.75 bits per heavy atom. The zero-order valence-corrected chi connectivity index (χ0v) is 21.8. The fourth-order valence-corrected chi connectivity index (χ4v) is 5.02. The molecule has 1 aliphatic carbocycles. The molecule has 192 valence electrons. The van der Waals surface area contributed by atoms with Crippen molar-refractivity contribution in [2.75, 3.05) is 38.1 Å². The Balaban J connectivity index is 0.000000170. The molecule has 3 N–H and O–H groups in total. The zero-order chi connectivity index (χ0) is 25.3. The van der Waals surface area contributed by atoms with Crippen molar-refractivity contribution in [1.82, 2.24) is 15.2 Å². The Labute approximate surface area is 217 Å². The summed E-state index contributed by atoms with van der Waals surface area (Å²) in [6, 6.07) is 16.6. The van der Waals surface area contributed by atoms with Crippen LogP contribution >= 0.6 is 11.9 Å². The zero-order valence-electron chi connectivity index (χ0n) is 21.0. The van der Waals surface area contributed by atoms with Crippen LogP contribution in [-0.2, 0) is 11.3 Å². The monoisotopic (exact) mass is 509 g/mol. The first-order valence-electron chi connectivity index (χ1n) is 12.7. The van der Waals surface area contributed by atoms with E-state index >= 15 is 0 Å². The molecule has 6 nitrogen and oxygen atoms in total. The minimum absolute atomic E-state index is 0.147. The van der Waals surface area contributed by atoms with Gasteiger partial charge < -0.3 is 15.1 Å². The molecular formula is C28H36FN5OS. The standard InChI is InChI=1S/C14H18FNO.C14H18N4S/c15-13-8-6-11(7-9-13)10-16-14(17)12-4-2-1-3-5-12;1-17-6-8-18(9-7-17)14-5-2-11-10-12(19-15)3-4-13(11)16-14/h6-9,12H,1-5,10H2,(H,16,17);2-5,10H,6-9,15H2,1H3. The molecule has 0 atom stereocenters. The maximum Gasteiger partial charge on any atom is 0.223 e. The highest BCUT2D eigenvalue weighted by atomic mass is 32.2. The van der Waals surface area contributed by atoms with Crippen LogP contribution in [-0.4, -0.2) is 49.0 Å². The van der Waals surface area contributed by atoms with Gasteiger partial charge in [-0.1, -0.05) is 31.4 Å². The fourth-order valence-electron chi connectivity index (χ4n) is 4.68. The molecule has 2 aromatic carbocycles. The van der Waals surface area contributed by atoms with E-state index in [0.29, 0.717) is 6.54 Å². The number of likely N-dealkylation sites (N-methyl/N-ethyl adjacent to an activating group) is 1. The first-order chi connectivity index (χ1) is 17.5. The second-order valence-corrected chi connectivity index (χ2v) is 10.3. The summed E-state index contributed by atoms with van der Waals surface area (Å²) in [6.07, 6.45) is 5.59. The van der Waals surface area contributed by atoms with Gasteiger partial charge in [0.05, 0.1) is 5.52 Å². The Bertz CT molecular complexity index is 1130. The highest BCUT2D eigenvalue weighted by Crippen LogP contribution is 2.24. The number of pyridine rings is 1. The van der Waals surface area contributed by atoms with Crippen LogP contribution in [0.5, 0.6) is 0 Å². The molecule has 1 aromatic heterocycles. The Hall–Kier alpha value is -2.68. The molecular weight excluding hydrogens is 473 g/mol. The highest BCUT2D eigenvalue weighted by Gasteiger charge is 2.20. The van der Waals surface area contributed by atoms with Crippen LogP contribution in [0, 0.1) is 11.7 Å². The van der Waals surface area contributed by atoms with Crippen LogP contribution in [0.1, 0.15) is 37.7 Å². The number of rotatable bonds is 5. The maximum absolute atomic E-state index is 12.7. The number of carbonyl (C=O) groups excluding carboxylic acids is 1. The molecule has 1 saturated carbocycles. The minimum atomic E-state index is -0.243. The molecule has 1 aliphatic heterocycles. The normalized spacial score (nSPS) is 16.9. The Morgan fingerprint density at radius 3 is 2.44 bits per heavy atom. The number of nitrogens with two attached hydrogens (primary N) is 1. The van der Waals surface area contributed by atoms with E-state index in [9.17, 15) is 9.18 Å². The van der Waals surface area contributed by atoms with Gasteiger partial charge in [0, 0.05) is 48.9 Å². The molecule has 0 bridgehead atoms. The van der Waals surface area contributed by atoms with Gasteiger partial charge in [-0.15, -0.1) is 0 Å². The number of halogens is 1. The average molecular weight is 510 g/mol. The van der Waals surface area contributed by atoms with Crippen molar-refractivity contribution in [2.24, 2.45) is 11.1 Å². The predicted molar refractivity (Wildman–Crippen MR) is 146 cm³/mol. The number of carbonyl (C=O) groups is 1. The molecule has 0 unspecified atom stereocenters. The summed E-state index contributed by atoms with van der Waals surface area (Å²) in [5.41, 5.74) is 1.98. The number of nitrogens with one attached hydrogen (secondary N) is 1. The molecule has 2 aliphatic rings.